The molecule has 5 heteroatoms. The Morgan fingerprint density at radius 3 is 2.64 bits per heavy atom. The zero-order valence-corrected chi connectivity index (χ0v) is 13.2. The number of aromatic nitrogens is 2. The number of benzene rings is 1. The van der Waals surface area contributed by atoms with Crippen molar-refractivity contribution in [2.75, 3.05) is 11.9 Å². The average molecular weight is 314 g/mol. The standard InChI is InChI=1S/C17H16ClN3O/c1-3-14-16(21-11-12(18)9-10-15(21)19-14)17(22)20(2)13-7-5-4-6-8-13/h4-11H,3H2,1-2H3. The second-order valence-corrected chi connectivity index (χ2v) is 5.47. The molecule has 0 radical (unpaired) electrons. The highest BCUT2D eigenvalue weighted by atomic mass is 35.5. The van der Waals surface area contributed by atoms with Crippen LogP contribution in [-0.2, 0) is 6.42 Å². The minimum Gasteiger partial charge on any atom is -0.310 e. The molecule has 0 aliphatic rings. The summed E-state index contributed by atoms with van der Waals surface area (Å²) in [7, 11) is 1.76. The van der Waals surface area contributed by atoms with Gasteiger partial charge in [-0.25, -0.2) is 4.98 Å². The molecule has 0 aliphatic heterocycles. The van der Waals surface area contributed by atoms with Gasteiger partial charge in [0.1, 0.15) is 11.3 Å². The monoisotopic (exact) mass is 313 g/mol. The first-order valence-corrected chi connectivity index (χ1v) is 7.49. The van der Waals surface area contributed by atoms with Gasteiger partial charge >= 0.3 is 0 Å². The molecular weight excluding hydrogens is 298 g/mol. The Labute approximate surface area is 134 Å². The van der Waals surface area contributed by atoms with Crippen LogP contribution in [-0.4, -0.2) is 22.3 Å². The van der Waals surface area contributed by atoms with Crippen molar-refractivity contribution in [2.24, 2.45) is 0 Å². The lowest BCUT2D eigenvalue weighted by Gasteiger charge is -2.17. The van der Waals surface area contributed by atoms with Crippen molar-refractivity contribution in [3.05, 3.63) is 65.1 Å². The van der Waals surface area contributed by atoms with Gasteiger partial charge in [0, 0.05) is 18.9 Å². The van der Waals surface area contributed by atoms with Gasteiger partial charge in [-0.05, 0) is 30.7 Å². The first-order valence-electron chi connectivity index (χ1n) is 7.11. The summed E-state index contributed by atoms with van der Waals surface area (Å²) < 4.78 is 1.77. The van der Waals surface area contributed by atoms with Crippen molar-refractivity contribution < 1.29 is 4.79 Å². The quantitative estimate of drug-likeness (QED) is 0.737. The predicted octanol–water partition coefficient (Wildman–Crippen LogP) is 3.83. The minimum atomic E-state index is -0.0992. The molecule has 0 saturated carbocycles. The number of imidazole rings is 1. The number of carbonyl (C=O) groups is 1. The van der Waals surface area contributed by atoms with Crippen LogP contribution in [0, 0.1) is 0 Å². The molecule has 0 atom stereocenters. The van der Waals surface area contributed by atoms with Gasteiger partial charge in [0.15, 0.2) is 0 Å². The molecule has 1 aromatic carbocycles. The maximum Gasteiger partial charge on any atom is 0.276 e. The summed E-state index contributed by atoms with van der Waals surface area (Å²) in [5.74, 6) is -0.0992. The van der Waals surface area contributed by atoms with Gasteiger partial charge in [-0.3, -0.25) is 9.20 Å². The Bertz CT molecular complexity index is 827. The van der Waals surface area contributed by atoms with Gasteiger partial charge in [-0.15, -0.1) is 0 Å². The zero-order valence-electron chi connectivity index (χ0n) is 12.5. The normalized spacial score (nSPS) is 10.9. The number of hydrogen-bond acceptors (Lipinski definition) is 2. The number of anilines is 1. The number of amides is 1. The third-order valence-corrected chi connectivity index (χ3v) is 3.86. The van der Waals surface area contributed by atoms with E-state index in [1.807, 2.05) is 43.3 Å². The lowest BCUT2D eigenvalue weighted by Crippen LogP contribution is -2.28. The molecule has 0 N–H and O–H groups in total. The SMILES string of the molecule is CCc1nc2ccc(Cl)cn2c1C(=O)N(C)c1ccccc1. The third-order valence-electron chi connectivity index (χ3n) is 3.64. The fraction of sp³-hybridized carbons (Fsp3) is 0.176. The Morgan fingerprint density at radius 2 is 1.95 bits per heavy atom. The molecule has 0 fully saturated rings. The van der Waals surface area contributed by atoms with E-state index in [0.29, 0.717) is 17.1 Å². The Morgan fingerprint density at radius 1 is 1.23 bits per heavy atom. The summed E-state index contributed by atoms with van der Waals surface area (Å²) in [6.45, 7) is 1.99. The molecule has 4 nitrogen and oxygen atoms in total. The number of carbonyl (C=O) groups excluding carboxylic acids is 1. The van der Waals surface area contributed by atoms with E-state index in [2.05, 4.69) is 4.98 Å². The van der Waals surface area contributed by atoms with Crippen LogP contribution in [0.1, 0.15) is 23.1 Å². The van der Waals surface area contributed by atoms with Crippen molar-refractivity contribution >= 4 is 28.8 Å². The maximum absolute atomic E-state index is 12.9. The van der Waals surface area contributed by atoms with E-state index in [9.17, 15) is 4.79 Å². The number of hydrogen-bond donors (Lipinski definition) is 0. The molecule has 3 aromatic rings. The van der Waals surface area contributed by atoms with Crippen molar-refractivity contribution in [1.82, 2.24) is 9.38 Å². The van der Waals surface area contributed by atoms with Crippen molar-refractivity contribution in [3.63, 3.8) is 0 Å². The highest BCUT2D eigenvalue weighted by molar-refractivity contribution is 6.30. The van der Waals surface area contributed by atoms with Crippen molar-refractivity contribution in [1.29, 1.82) is 0 Å². The van der Waals surface area contributed by atoms with Crippen LogP contribution < -0.4 is 4.90 Å². The number of rotatable bonds is 3. The van der Waals surface area contributed by atoms with Crippen LogP contribution in [0.4, 0.5) is 5.69 Å². The van der Waals surface area contributed by atoms with Crippen LogP contribution in [0.2, 0.25) is 5.02 Å². The van der Waals surface area contributed by atoms with Gasteiger partial charge in [0.2, 0.25) is 0 Å². The number of halogens is 1. The zero-order chi connectivity index (χ0) is 15.7. The van der Waals surface area contributed by atoms with E-state index in [-0.39, 0.29) is 5.91 Å². The van der Waals surface area contributed by atoms with Crippen molar-refractivity contribution in [3.8, 4) is 0 Å². The van der Waals surface area contributed by atoms with Gasteiger partial charge in [0.25, 0.3) is 5.91 Å². The van der Waals surface area contributed by atoms with Crippen LogP contribution in [0.25, 0.3) is 5.65 Å². The second-order valence-electron chi connectivity index (χ2n) is 5.04. The summed E-state index contributed by atoms with van der Waals surface area (Å²) >= 11 is 6.07. The largest absolute Gasteiger partial charge is 0.310 e. The van der Waals surface area contributed by atoms with E-state index in [1.165, 1.54) is 0 Å². The molecule has 1 amide bonds. The Hall–Kier alpha value is -2.33. The molecule has 0 unspecified atom stereocenters. The first-order chi connectivity index (χ1) is 10.6. The summed E-state index contributed by atoms with van der Waals surface area (Å²) in [6.07, 6.45) is 2.41. The predicted molar refractivity (Wildman–Crippen MR) is 88.8 cm³/mol. The van der Waals surface area contributed by atoms with Crippen LogP contribution in [0.3, 0.4) is 0 Å². The van der Waals surface area contributed by atoms with E-state index >= 15 is 0 Å². The van der Waals surface area contributed by atoms with Gasteiger partial charge < -0.3 is 4.90 Å². The maximum atomic E-state index is 12.9. The number of aryl methyl sites for hydroxylation is 1. The number of para-hydroxylation sites is 1. The van der Waals surface area contributed by atoms with E-state index in [0.717, 1.165) is 17.0 Å². The molecule has 0 aliphatic carbocycles. The van der Waals surface area contributed by atoms with E-state index < -0.39 is 0 Å². The summed E-state index contributed by atoms with van der Waals surface area (Å²) in [5.41, 5.74) is 2.90. The number of fused-ring (bicyclic) bond motifs is 1. The molecular formula is C17H16ClN3O. The molecule has 0 spiro atoms. The second kappa shape index (κ2) is 5.81. The van der Waals surface area contributed by atoms with Crippen LogP contribution >= 0.6 is 11.6 Å². The molecule has 22 heavy (non-hydrogen) atoms. The topological polar surface area (TPSA) is 37.6 Å². The molecule has 2 aromatic heterocycles. The fourth-order valence-corrected chi connectivity index (χ4v) is 2.63. The summed E-state index contributed by atoms with van der Waals surface area (Å²) in [5, 5.41) is 0.573. The van der Waals surface area contributed by atoms with Crippen molar-refractivity contribution in [2.45, 2.75) is 13.3 Å². The fourth-order valence-electron chi connectivity index (χ4n) is 2.47. The molecule has 3 rings (SSSR count). The third kappa shape index (κ3) is 2.46. The molecule has 2 heterocycles. The highest BCUT2D eigenvalue weighted by Crippen LogP contribution is 2.21. The highest BCUT2D eigenvalue weighted by Gasteiger charge is 2.22. The van der Waals surface area contributed by atoms with Gasteiger partial charge in [0.05, 0.1) is 10.7 Å². The molecule has 0 bridgehead atoms. The van der Waals surface area contributed by atoms with Gasteiger partial charge in [-0.1, -0.05) is 36.7 Å². The Balaban J connectivity index is 2.12. The smallest absolute Gasteiger partial charge is 0.276 e. The summed E-state index contributed by atoms with van der Waals surface area (Å²) in [6, 6.07) is 13.1. The summed E-state index contributed by atoms with van der Waals surface area (Å²) in [4.78, 5) is 19.1. The lowest BCUT2D eigenvalue weighted by molar-refractivity contribution is 0.0986. The first kappa shape index (κ1) is 14.6. The van der Waals surface area contributed by atoms with Crippen LogP contribution in [0.5, 0.6) is 0 Å². The van der Waals surface area contributed by atoms with Gasteiger partial charge in [-0.2, -0.15) is 0 Å². The minimum absolute atomic E-state index is 0.0992. The van der Waals surface area contributed by atoms with E-state index in [1.54, 1.807) is 28.6 Å². The van der Waals surface area contributed by atoms with Crippen LogP contribution in [0.15, 0.2) is 48.7 Å². The Kier molecular flexibility index (Phi) is 3.86. The lowest BCUT2D eigenvalue weighted by atomic mass is 10.2. The molecule has 0 saturated heterocycles. The number of nitrogens with zero attached hydrogens (tertiary/aromatic N) is 3. The number of pyridine rings is 1. The average Bonchev–Trinajstić information content (AvgIpc) is 2.92. The molecule has 112 valence electrons. The van der Waals surface area contributed by atoms with E-state index in [4.69, 9.17) is 11.6 Å².